The molecule has 110 valence electrons. The number of aromatic nitrogens is 2. The molecule has 0 aliphatic carbocycles. The highest BCUT2D eigenvalue weighted by molar-refractivity contribution is 7.99. The van der Waals surface area contributed by atoms with Crippen LogP contribution < -0.4 is 0 Å². The van der Waals surface area contributed by atoms with E-state index in [0.29, 0.717) is 18.2 Å². The molecule has 1 aliphatic heterocycles. The lowest BCUT2D eigenvalue weighted by molar-refractivity contribution is 0.0295. The monoisotopic (exact) mass is 299 g/mol. The lowest BCUT2D eigenvalue weighted by atomic mass is 10.2. The highest BCUT2D eigenvalue weighted by Crippen LogP contribution is 2.28. The number of thioether (sulfide) groups is 1. The largest absolute Gasteiger partial charge is 0.444 e. The second-order valence-corrected chi connectivity index (χ2v) is 6.91. The number of carbonyl (C=O) groups is 1. The first-order valence-electron chi connectivity index (χ1n) is 6.45. The fraction of sp³-hybridized carbons (Fsp3) is 0.615. The fourth-order valence-corrected chi connectivity index (χ4v) is 2.83. The van der Waals surface area contributed by atoms with Gasteiger partial charge in [-0.25, -0.2) is 19.2 Å². The van der Waals surface area contributed by atoms with Crippen molar-refractivity contribution in [2.75, 3.05) is 13.1 Å². The van der Waals surface area contributed by atoms with Gasteiger partial charge in [-0.2, -0.15) is 0 Å². The topological polar surface area (TPSA) is 55.3 Å². The van der Waals surface area contributed by atoms with E-state index in [1.165, 1.54) is 11.8 Å². The minimum Gasteiger partial charge on any atom is -0.444 e. The van der Waals surface area contributed by atoms with Gasteiger partial charge >= 0.3 is 6.09 Å². The summed E-state index contributed by atoms with van der Waals surface area (Å²) in [7, 11) is 0. The number of nitrogens with zero attached hydrogens (tertiary/aromatic N) is 3. The minimum atomic E-state index is -0.484. The highest BCUT2D eigenvalue weighted by atomic mass is 32.2. The van der Waals surface area contributed by atoms with E-state index in [9.17, 15) is 9.18 Å². The van der Waals surface area contributed by atoms with Gasteiger partial charge in [-0.15, -0.1) is 0 Å². The number of rotatable bonds is 2. The molecule has 1 aromatic heterocycles. The van der Waals surface area contributed by atoms with Crippen LogP contribution >= 0.6 is 11.8 Å². The van der Waals surface area contributed by atoms with E-state index in [1.54, 1.807) is 4.90 Å². The Morgan fingerprint density at radius 2 is 2.10 bits per heavy atom. The third-order valence-corrected chi connectivity index (χ3v) is 3.81. The molecule has 0 N–H and O–H groups in total. The average Bonchev–Trinajstić information content (AvgIpc) is 2.79. The molecule has 1 amide bonds. The zero-order chi connectivity index (χ0) is 14.8. The van der Waals surface area contributed by atoms with Crippen LogP contribution in [0.15, 0.2) is 17.6 Å². The maximum atomic E-state index is 12.7. The van der Waals surface area contributed by atoms with Crippen LogP contribution in [0.4, 0.5) is 9.18 Å². The number of hydrogen-bond donors (Lipinski definition) is 0. The molecule has 0 spiro atoms. The number of amides is 1. The Balaban J connectivity index is 1.86. The third kappa shape index (κ3) is 4.33. The second-order valence-electron chi connectivity index (χ2n) is 5.64. The van der Waals surface area contributed by atoms with Crippen LogP contribution in [0.1, 0.15) is 27.2 Å². The Kier molecular flexibility index (Phi) is 4.47. The molecule has 2 heterocycles. The van der Waals surface area contributed by atoms with E-state index in [0.717, 1.165) is 18.8 Å². The molecule has 7 heteroatoms. The fourth-order valence-electron chi connectivity index (χ4n) is 1.83. The van der Waals surface area contributed by atoms with Crippen LogP contribution in [0.25, 0.3) is 0 Å². The molecular weight excluding hydrogens is 281 g/mol. The average molecular weight is 299 g/mol. The van der Waals surface area contributed by atoms with E-state index in [2.05, 4.69) is 9.97 Å². The molecule has 1 saturated heterocycles. The maximum absolute atomic E-state index is 12.7. The summed E-state index contributed by atoms with van der Waals surface area (Å²) in [5.41, 5.74) is -0.484. The summed E-state index contributed by atoms with van der Waals surface area (Å²) in [5, 5.41) is 0.746. The molecule has 20 heavy (non-hydrogen) atoms. The molecule has 1 unspecified atom stereocenters. The van der Waals surface area contributed by atoms with Crippen LogP contribution in [0, 0.1) is 5.82 Å². The van der Waals surface area contributed by atoms with Crippen molar-refractivity contribution in [2.45, 2.75) is 43.2 Å². The van der Waals surface area contributed by atoms with E-state index >= 15 is 0 Å². The molecule has 0 saturated carbocycles. The lowest BCUT2D eigenvalue weighted by Crippen LogP contribution is -2.35. The van der Waals surface area contributed by atoms with Gasteiger partial charge in [0.15, 0.2) is 11.0 Å². The van der Waals surface area contributed by atoms with Gasteiger partial charge in [-0.1, -0.05) is 11.8 Å². The standard InChI is InChI=1S/C13H18FN3O2S/c1-13(2,3)19-12(18)17-5-4-10(8-17)20-11-15-6-9(14)7-16-11/h6-7,10H,4-5,8H2,1-3H3. The molecule has 1 atom stereocenters. The molecule has 0 aromatic carbocycles. The van der Waals surface area contributed by atoms with Gasteiger partial charge in [-0.3, -0.25) is 0 Å². The van der Waals surface area contributed by atoms with Gasteiger partial charge in [0.05, 0.1) is 12.4 Å². The molecule has 2 rings (SSSR count). The normalized spacial score (nSPS) is 19.2. The summed E-state index contributed by atoms with van der Waals surface area (Å²) >= 11 is 1.46. The van der Waals surface area contributed by atoms with Crippen molar-refractivity contribution in [3.8, 4) is 0 Å². The lowest BCUT2D eigenvalue weighted by Gasteiger charge is -2.24. The van der Waals surface area contributed by atoms with E-state index in [4.69, 9.17) is 4.74 Å². The number of carbonyl (C=O) groups excluding carboxylic acids is 1. The van der Waals surface area contributed by atoms with Crippen LogP contribution in [-0.4, -0.2) is 44.9 Å². The number of halogens is 1. The number of ether oxygens (including phenoxy) is 1. The van der Waals surface area contributed by atoms with Crippen molar-refractivity contribution in [3.05, 3.63) is 18.2 Å². The molecule has 1 aliphatic rings. The molecule has 0 radical (unpaired) electrons. The number of likely N-dealkylation sites (tertiary alicyclic amines) is 1. The van der Waals surface area contributed by atoms with Gasteiger partial charge in [0.2, 0.25) is 0 Å². The Bertz CT molecular complexity index is 475. The maximum Gasteiger partial charge on any atom is 0.410 e. The van der Waals surface area contributed by atoms with Crippen LogP contribution in [0.5, 0.6) is 0 Å². The van der Waals surface area contributed by atoms with Crippen molar-refractivity contribution >= 4 is 17.9 Å². The van der Waals surface area contributed by atoms with Crippen molar-refractivity contribution in [3.63, 3.8) is 0 Å². The summed E-state index contributed by atoms with van der Waals surface area (Å²) in [5.74, 6) is -0.448. The van der Waals surface area contributed by atoms with E-state index < -0.39 is 11.4 Å². The summed E-state index contributed by atoms with van der Waals surface area (Å²) in [6.07, 6.45) is 2.86. The summed E-state index contributed by atoms with van der Waals surface area (Å²) < 4.78 is 18.1. The predicted octanol–water partition coefficient (Wildman–Crippen LogP) is 2.72. The number of hydrogen-bond acceptors (Lipinski definition) is 5. The van der Waals surface area contributed by atoms with Gasteiger partial charge in [0.25, 0.3) is 0 Å². The Morgan fingerprint density at radius 1 is 1.45 bits per heavy atom. The molecule has 0 bridgehead atoms. The van der Waals surface area contributed by atoms with E-state index in [-0.39, 0.29) is 11.3 Å². The first kappa shape index (κ1) is 15.0. The highest BCUT2D eigenvalue weighted by Gasteiger charge is 2.30. The Hall–Kier alpha value is -1.37. The Morgan fingerprint density at radius 3 is 2.70 bits per heavy atom. The van der Waals surface area contributed by atoms with Crippen molar-refractivity contribution in [1.29, 1.82) is 0 Å². The second kappa shape index (κ2) is 5.95. The zero-order valence-electron chi connectivity index (χ0n) is 11.8. The Labute approximate surface area is 121 Å². The van der Waals surface area contributed by atoms with Gasteiger partial charge in [0.1, 0.15) is 5.60 Å². The smallest absolute Gasteiger partial charge is 0.410 e. The summed E-state index contributed by atoms with van der Waals surface area (Å²) in [6.45, 7) is 6.80. The SMILES string of the molecule is CC(C)(C)OC(=O)N1CCC(Sc2ncc(F)cn2)C1. The van der Waals surface area contributed by atoms with Crippen molar-refractivity contribution in [1.82, 2.24) is 14.9 Å². The summed E-state index contributed by atoms with van der Waals surface area (Å²) in [6, 6.07) is 0. The molecule has 5 nitrogen and oxygen atoms in total. The van der Waals surface area contributed by atoms with Gasteiger partial charge in [-0.05, 0) is 27.2 Å². The molecule has 1 fully saturated rings. The first-order chi connectivity index (χ1) is 9.33. The van der Waals surface area contributed by atoms with Gasteiger partial charge in [0, 0.05) is 18.3 Å². The van der Waals surface area contributed by atoms with Gasteiger partial charge < -0.3 is 9.64 Å². The molecule has 1 aromatic rings. The quantitative estimate of drug-likeness (QED) is 0.786. The van der Waals surface area contributed by atoms with E-state index in [1.807, 2.05) is 20.8 Å². The van der Waals surface area contributed by atoms with Crippen molar-refractivity contribution in [2.24, 2.45) is 0 Å². The zero-order valence-corrected chi connectivity index (χ0v) is 12.6. The third-order valence-electron chi connectivity index (χ3n) is 2.67. The van der Waals surface area contributed by atoms with Crippen LogP contribution in [-0.2, 0) is 4.74 Å². The molecular formula is C13H18FN3O2S. The minimum absolute atomic E-state index is 0.216. The van der Waals surface area contributed by atoms with Crippen LogP contribution in [0.3, 0.4) is 0 Å². The predicted molar refractivity (Wildman–Crippen MR) is 74.1 cm³/mol. The first-order valence-corrected chi connectivity index (χ1v) is 7.33. The van der Waals surface area contributed by atoms with Crippen molar-refractivity contribution < 1.29 is 13.9 Å². The van der Waals surface area contributed by atoms with Crippen LogP contribution in [0.2, 0.25) is 0 Å². The summed E-state index contributed by atoms with van der Waals surface area (Å²) in [4.78, 5) is 21.4.